The first-order valence-corrected chi connectivity index (χ1v) is 9.47. The lowest BCUT2D eigenvalue weighted by Crippen LogP contribution is -2.40. The molecule has 0 aliphatic heterocycles. The smallest absolute Gasteiger partial charge is 0.151 e. The van der Waals surface area contributed by atoms with E-state index in [9.17, 15) is 9.50 Å². The molecular formula is C21H25FN4O. The van der Waals surface area contributed by atoms with Crippen LogP contribution in [0.4, 0.5) is 10.2 Å². The highest BCUT2D eigenvalue weighted by atomic mass is 19.1. The molecule has 2 aromatic rings. The van der Waals surface area contributed by atoms with Gasteiger partial charge < -0.3 is 10.0 Å². The van der Waals surface area contributed by atoms with E-state index in [1.165, 1.54) is 6.07 Å². The van der Waals surface area contributed by atoms with Crippen LogP contribution in [-0.2, 0) is 0 Å². The first-order valence-electron chi connectivity index (χ1n) is 9.47. The van der Waals surface area contributed by atoms with Crippen molar-refractivity contribution in [3.8, 4) is 23.1 Å². The van der Waals surface area contributed by atoms with Gasteiger partial charge in [0.15, 0.2) is 5.82 Å². The summed E-state index contributed by atoms with van der Waals surface area (Å²) < 4.78 is 14.7. The van der Waals surface area contributed by atoms with Crippen molar-refractivity contribution in [1.29, 1.82) is 5.26 Å². The van der Waals surface area contributed by atoms with Gasteiger partial charge in [0.1, 0.15) is 11.9 Å². The second kappa shape index (κ2) is 8.34. The molecule has 0 radical (unpaired) electrons. The van der Waals surface area contributed by atoms with Gasteiger partial charge in [-0.3, -0.25) is 0 Å². The first-order chi connectivity index (χ1) is 13.0. The minimum absolute atomic E-state index is 0.0113. The summed E-state index contributed by atoms with van der Waals surface area (Å²) in [5.41, 5.74) is 1.41. The van der Waals surface area contributed by atoms with Crippen molar-refractivity contribution in [2.45, 2.75) is 51.2 Å². The third-order valence-corrected chi connectivity index (χ3v) is 5.57. The van der Waals surface area contributed by atoms with Gasteiger partial charge in [-0.15, -0.1) is 10.2 Å². The van der Waals surface area contributed by atoms with E-state index >= 15 is 0 Å². The molecule has 1 fully saturated rings. The van der Waals surface area contributed by atoms with Crippen molar-refractivity contribution in [1.82, 2.24) is 10.2 Å². The number of hydrogen-bond acceptors (Lipinski definition) is 5. The van der Waals surface area contributed by atoms with Crippen molar-refractivity contribution < 1.29 is 9.50 Å². The van der Waals surface area contributed by atoms with Crippen LogP contribution in [0.3, 0.4) is 0 Å². The SMILES string of the molecule is CC[C@@H]1CCC[C@H](F)[C@H](N(C)c2ccc(-c3ccc(C#N)cc3O)nn2)C1. The molecule has 0 spiro atoms. The molecule has 1 aromatic carbocycles. The number of aromatic nitrogens is 2. The highest BCUT2D eigenvalue weighted by molar-refractivity contribution is 5.68. The second-order valence-electron chi connectivity index (χ2n) is 7.26. The van der Waals surface area contributed by atoms with Gasteiger partial charge in [-0.2, -0.15) is 5.26 Å². The molecular weight excluding hydrogens is 343 g/mol. The van der Waals surface area contributed by atoms with Crippen molar-refractivity contribution in [2.24, 2.45) is 5.92 Å². The Kier molecular flexibility index (Phi) is 5.90. The summed E-state index contributed by atoms with van der Waals surface area (Å²) in [6, 6.07) is 10.0. The summed E-state index contributed by atoms with van der Waals surface area (Å²) in [4.78, 5) is 1.90. The minimum atomic E-state index is -0.865. The number of anilines is 1. The average Bonchev–Trinajstić information content (AvgIpc) is 2.88. The highest BCUT2D eigenvalue weighted by Crippen LogP contribution is 2.33. The highest BCUT2D eigenvalue weighted by Gasteiger charge is 2.31. The maximum atomic E-state index is 14.7. The number of nitrogens with zero attached hydrogens (tertiary/aromatic N) is 4. The zero-order chi connectivity index (χ0) is 19.4. The van der Waals surface area contributed by atoms with Crippen molar-refractivity contribution in [2.75, 3.05) is 11.9 Å². The summed E-state index contributed by atoms with van der Waals surface area (Å²) >= 11 is 0. The molecule has 3 rings (SSSR count). The Morgan fingerprint density at radius 3 is 2.70 bits per heavy atom. The molecule has 6 heteroatoms. The largest absolute Gasteiger partial charge is 0.507 e. The summed E-state index contributed by atoms with van der Waals surface area (Å²) in [5.74, 6) is 1.15. The fourth-order valence-corrected chi connectivity index (χ4v) is 3.82. The van der Waals surface area contributed by atoms with E-state index in [2.05, 4.69) is 17.1 Å². The van der Waals surface area contributed by atoms with Crippen LogP contribution in [-0.4, -0.2) is 34.6 Å². The average molecular weight is 368 g/mol. The number of benzene rings is 1. The first kappa shape index (κ1) is 19.1. The van der Waals surface area contributed by atoms with Gasteiger partial charge in [0.2, 0.25) is 0 Å². The zero-order valence-corrected chi connectivity index (χ0v) is 15.8. The maximum Gasteiger partial charge on any atom is 0.151 e. The molecule has 1 N–H and O–H groups in total. The Bertz CT molecular complexity index is 818. The van der Waals surface area contributed by atoms with Gasteiger partial charge in [0.25, 0.3) is 0 Å². The molecule has 1 aliphatic rings. The number of halogens is 1. The lowest BCUT2D eigenvalue weighted by atomic mass is 9.94. The molecule has 27 heavy (non-hydrogen) atoms. The molecule has 142 valence electrons. The minimum Gasteiger partial charge on any atom is -0.507 e. The van der Waals surface area contributed by atoms with E-state index in [1.807, 2.05) is 18.0 Å². The lowest BCUT2D eigenvalue weighted by molar-refractivity contribution is 0.254. The van der Waals surface area contributed by atoms with Crippen molar-refractivity contribution in [3.63, 3.8) is 0 Å². The van der Waals surface area contributed by atoms with Crippen LogP contribution in [0.1, 0.15) is 44.6 Å². The second-order valence-corrected chi connectivity index (χ2v) is 7.26. The topological polar surface area (TPSA) is 73.0 Å². The predicted octanol–water partition coefficient (Wildman–Crippen LogP) is 4.46. The zero-order valence-electron chi connectivity index (χ0n) is 15.8. The van der Waals surface area contributed by atoms with Crippen LogP contribution in [0.5, 0.6) is 5.75 Å². The number of phenols is 1. The van der Waals surface area contributed by atoms with E-state index in [0.717, 1.165) is 25.7 Å². The third-order valence-electron chi connectivity index (χ3n) is 5.57. The van der Waals surface area contributed by atoms with Crippen LogP contribution in [0.2, 0.25) is 0 Å². The monoisotopic (exact) mass is 368 g/mol. The fraction of sp³-hybridized carbons (Fsp3) is 0.476. The number of alkyl halides is 1. The van der Waals surface area contributed by atoms with Gasteiger partial charge in [0, 0.05) is 12.6 Å². The predicted molar refractivity (Wildman–Crippen MR) is 103 cm³/mol. The standard InChI is InChI=1S/C21H25FN4O/c1-3-14-5-4-6-17(22)19(11-14)26(2)21-10-9-18(24-25-21)16-8-7-15(13-23)12-20(16)27/h7-10,12,14,17,19,27H,3-6,11H2,1-2H3/t14-,17+,19-/m1/s1. The van der Waals surface area contributed by atoms with Gasteiger partial charge in [-0.1, -0.05) is 26.2 Å². The Morgan fingerprint density at radius 1 is 1.26 bits per heavy atom. The third kappa shape index (κ3) is 4.19. The molecule has 1 aromatic heterocycles. The Labute approximate surface area is 159 Å². The van der Waals surface area contributed by atoms with Crippen LogP contribution in [0.15, 0.2) is 30.3 Å². The van der Waals surface area contributed by atoms with Gasteiger partial charge in [-0.05, 0) is 49.1 Å². The Hall–Kier alpha value is -2.68. The van der Waals surface area contributed by atoms with Crippen LogP contribution >= 0.6 is 0 Å². The van der Waals surface area contributed by atoms with Crippen LogP contribution < -0.4 is 4.90 Å². The number of aromatic hydroxyl groups is 1. The van der Waals surface area contributed by atoms with Gasteiger partial charge in [-0.25, -0.2) is 4.39 Å². The van der Waals surface area contributed by atoms with E-state index in [-0.39, 0.29) is 11.8 Å². The van der Waals surface area contributed by atoms with E-state index in [4.69, 9.17) is 5.26 Å². The fourth-order valence-electron chi connectivity index (χ4n) is 3.82. The van der Waals surface area contributed by atoms with Crippen LogP contribution in [0.25, 0.3) is 11.3 Å². The number of nitriles is 1. The molecule has 5 nitrogen and oxygen atoms in total. The molecule has 0 bridgehead atoms. The van der Waals surface area contributed by atoms with Gasteiger partial charge in [0.05, 0.1) is 23.4 Å². The molecule has 1 heterocycles. The lowest BCUT2D eigenvalue weighted by Gasteiger charge is -2.31. The summed E-state index contributed by atoms with van der Waals surface area (Å²) in [6.07, 6.45) is 3.65. The van der Waals surface area contributed by atoms with Crippen molar-refractivity contribution in [3.05, 3.63) is 35.9 Å². The van der Waals surface area contributed by atoms with Gasteiger partial charge >= 0.3 is 0 Å². The maximum absolute atomic E-state index is 14.7. The van der Waals surface area contributed by atoms with E-state index in [1.54, 1.807) is 24.3 Å². The quantitative estimate of drug-likeness (QED) is 0.807. The molecule has 1 saturated carbocycles. The molecule has 0 saturated heterocycles. The molecule has 1 aliphatic carbocycles. The summed E-state index contributed by atoms with van der Waals surface area (Å²) in [5, 5.41) is 27.5. The van der Waals surface area contributed by atoms with E-state index < -0.39 is 6.17 Å². The summed E-state index contributed by atoms with van der Waals surface area (Å²) in [6.45, 7) is 2.17. The van der Waals surface area contributed by atoms with E-state index in [0.29, 0.717) is 35.0 Å². The molecule has 0 amide bonds. The summed E-state index contributed by atoms with van der Waals surface area (Å²) in [7, 11) is 1.87. The normalized spacial score (nSPS) is 22.7. The molecule has 3 atom stereocenters. The Morgan fingerprint density at radius 2 is 2.07 bits per heavy atom. The van der Waals surface area contributed by atoms with Crippen LogP contribution in [0, 0.1) is 17.2 Å². The van der Waals surface area contributed by atoms with Crippen molar-refractivity contribution >= 4 is 5.82 Å². The number of hydrogen-bond donors (Lipinski definition) is 1. The Balaban J connectivity index is 1.81. The molecule has 0 unspecified atom stereocenters. The number of rotatable bonds is 4. The number of phenolic OH excluding ortho intramolecular Hbond substituents is 1.